The summed E-state index contributed by atoms with van der Waals surface area (Å²) >= 11 is 0. The van der Waals surface area contributed by atoms with Gasteiger partial charge in [-0.1, -0.05) is 54.6 Å². The van der Waals surface area contributed by atoms with Crippen molar-refractivity contribution in [2.45, 2.75) is 5.79 Å². The van der Waals surface area contributed by atoms with Crippen LogP contribution < -0.4 is 0 Å². The molecule has 19 heavy (non-hydrogen) atoms. The Hall–Kier alpha value is -2.23. The van der Waals surface area contributed by atoms with E-state index in [0.29, 0.717) is 5.56 Å². The van der Waals surface area contributed by atoms with Gasteiger partial charge in [-0.25, -0.2) is 0 Å². The fourth-order valence-corrected chi connectivity index (χ4v) is 2.20. The van der Waals surface area contributed by atoms with Gasteiger partial charge in [-0.2, -0.15) is 0 Å². The summed E-state index contributed by atoms with van der Waals surface area (Å²) in [4.78, 5) is 4.15. The molecule has 0 aliphatic carbocycles. The molecule has 94 valence electrons. The standard InChI is InChI=1S/C16H13NO2/c18-16(19,13-7-2-1-3-8-13)15-14-9-5-4-6-12(14)10-11-17-15/h1-11,18-19H. The summed E-state index contributed by atoms with van der Waals surface area (Å²) < 4.78 is 0. The summed E-state index contributed by atoms with van der Waals surface area (Å²) in [5, 5.41) is 22.6. The van der Waals surface area contributed by atoms with Crippen molar-refractivity contribution in [1.29, 1.82) is 0 Å². The normalized spacial score (nSPS) is 11.7. The molecular formula is C16H13NO2. The first-order chi connectivity index (χ1) is 9.19. The molecule has 0 radical (unpaired) electrons. The fourth-order valence-electron chi connectivity index (χ4n) is 2.20. The number of fused-ring (bicyclic) bond motifs is 1. The van der Waals surface area contributed by atoms with Gasteiger partial charge in [0.05, 0.1) is 0 Å². The zero-order chi connectivity index (χ0) is 13.3. The van der Waals surface area contributed by atoms with Gasteiger partial charge < -0.3 is 10.2 Å². The molecule has 0 aliphatic rings. The van der Waals surface area contributed by atoms with Gasteiger partial charge in [-0.15, -0.1) is 0 Å². The van der Waals surface area contributed by atoms with Crippen LogP contribution in [0, 0.1) is 0 Å². The predicted octanol–water partition coefficient (Wildman–Crippen LogP) is 2.42. The number of rotatable bonds is 2. The van der Waals surface area contributed by atoms with E-state index >= 15 is 0 Å². The SMILES string of the molecule is OC(O)(c1ccccc1)c1nccc2ccccc12. The Morgan fingerprint density at radius 1 is 0.789 bits per heavy atom. The summed E-state index contributed by atoms with van der Waals surface area (Å²) in [5.41, 5.74) is 0.649. The lowest BCUT2D eigenvalue weighted by molar-refractivity contribution is -0.134. The van der Waals surface area contributed by atoms with Gasteiger partial charge in [-0.3, -0.25) is 4.98 Å². The van der Waals surface area contributed by atoms with Gasteiger partial charge in [0.25, 0.3) is 0 Å². The molecule has 0 spiro atoms. The van der Waals surface area contributed by atoms with Crippen LogP contribution in [-0.4, -0.2) is 15.2 Å². The third-order valence-electron chi connectivity index (χ3n) is 3.18. The molecule has 3 rings (SSSR count). The smallest absolute Gasteiger partial charge is 0.235 e. The summed E-state index contributed by atoms with van der Waals surface area (Å²) in [6.07, 6.45) is 1.59. The molecule has 3 aromatic rings. The van der Waals surface area contributed by atoms with Crippen molar-refractivity contribution in [3.63, 3.8) is 0 Å². The van der Waals surface area contributed by atoms with E-state index in [0.717, 1.165) is 10.8 Å². The minimum absolute atomic E-state index is 0.247. The Morgan fingerprint density at radius 2 is 1.47 bits per heavy atom. The highest BCUT2D eigenvalue weighted by atomic mass is 16.5. The number of hydrogen-bond donors (Lipinski definition) is 2. The van der Waals surface area contributed by atoms with E-state index in [1.807, 2.05) is 36.4 Å². The molecule has 3 heteroatoms. The molecule has 2 N–H and O–H groups in total. The van der Waals surface area contributed by atoms with Crippen LogP contribution in [0.25, 0.3) is 10.8 Å². The summed E-state index contributed by atoms with van der Waals surface area (Å²) in [5.74, 6) is -2.10. The molecule has 0 atom stereocenters. The van der Waals surface area contributed by atoms with Crippen LogP contribution in [0.1, 0.15) is 11.3 Å². The molecule has 0 saturated carbocycles. The number of nitrogens with zero attached hydrogens (tertiary/aromatic N) is 1. The number of benzene rings is 2. The van der Waals surface area contributed by atoms with Crippen LogP contribution >= 0.6 is 0 Å². The zero-order valence-corrected chi connectivity index (χ0v) is 10.2. The van der Waals surface area contributed by atoms with Crippen LogP contribution in [0.15, 0.2) is 66.9 Å². The molecule has 1 heterocycles. The van der Waals surface area contributed by atoms with Crippen LogP contribution in [0.2, 0.25) is 0 Å². The molecule has 0 amide bonds. The van der Waals surface area contributed by atoms with Gasteiger partial charge in [0.15, 0.2) is 0 Å². The molecule has 0 saturated heterocycles. The zero-order valence-electron chi connectivity index (χ0n) is 10.2. The van der Waals surface area contributed by atoms with Crippen LogP contribution in [0.5, 0.6) is 0 Å². The topological polar surface area (TPSA) is 53.4 Å². The summed E-state index contributed by atoms with van der Waals surface area (Å²) in [6, 6.07) is 18.1. The van der Waals surface area contributed by atoms with Crippen molar-refractivity contribution in [2.24, 2.45) is 0 Å². The third-order valence-corrected chi connectivity index (χ3v) is 3.18. The summed E-state index contributed by atoms with van der Waals surface area (Å²) in [6.45, 7) is 0. The van der Waals surface area contributed by atoms with Gasteiger partial charge in [0.1, 0.15) is 5.69 Å². The summed E-state index contributed by atoms with van der Waals surface area (Å²) in [7, 11) is 0. The highest BCUT2D eigenvalue weighted by Crippen LogP contribution is 2.30. The Kier molecular flexibility index (Phi) is 2.78. The number of hydrogen-bond acceptors (Lipinski definition) is 3. The lowest BCUT2D eigenvalue weighted by Crippen LogP contribution is -2.28. The predicted molar refractivity (Wildman–Crippen MR) is 73.4 cm³/mol. The first-order valence-corrected chi connectivity index (χ1v) is 6.04. The monoisotopic (exact) mass is 251 g/mol. The average Bonchev–Trinajstić information content (AvgIpc) is 2.47. The van der Waals surface area contributed by atoms with Gasteiger partial charge in [-0.05, 0) is 11.5 Å². The van der Waals surface area contributed by atoms with Crippen LogP contribution in [0.4, 0.5) is 0 Å². The lowest BCUT2D eigenvalue weighted by atomic mass is 9.98. The first kappa shape index (κ1) is 11.8. The van der Waals surface area contributed by atoms with E-state index < -0.39 is 5.79 Å². The molecule has 0 bridgehead atoms. The maximum absolute atomic E-state index is 10.4. The van der Waals surface area contributed by atoms with Crippen molar-refractivity contribution in [2.75, 3.05) is 0 Å². The van der Waals surface area contributed by atoms with E-state index in [-0.39, 0.29) is 5.69 Å². The third kappa shape index (κ3) is 1.99. The van der Waals surface area contributed by atoms with E-state index in [1.54, 1.807) is 30.5 Å². The van der Waals surface area contributed by atoms with Gasteiger partial charge >= 0.3 is 0 Å². The van der Waals surface area contributed by atoms with E-state index in [9.17, 15) is 10.2 Å². The Balaban J connectivity index is 2.24. The fraction of sp³-hybridized carbons (Fsp3) is 0.0625. The molecule has 2 aromatic carbocycles. The number of aromatic nitrogens is 1. The van der Waals surface area contributed by atoms with Crippen molar-refractivity contribution in [3.05, 3.63) is 78.1 Å². The molecule has 0 unspecified atom stereocenters. The largest absolute Gasteiger partial charge is 0.357 e. The maximum Gasteiger partial charge on any atom is 0.235 e. The number of pyridine rings is 1. The first-order valence-electron chi connectivity index (χ1n) is 6.04. The molecule has 0 fully saturated rings. The Labute approximate surface area is 110 Å². The molecule has 0 aliphatic heterocycles. The van der Waals surface area contributed by atoms with Crippen molar-refractivity contribution < 1.29 is 10.2 Å². The van der Waals surface area contributed by atoms with Crippen molar-refractivity contribution >= 4 is 10.8 Å². The van der Waals surface area contributed by atoms with Crippen LogP contribution in [0.3, 0.4) is 0 Å². The van der Waals surface area contributed by atoms with E-state index in [1.165, 1.54) is 0 Å². The molecular weight excluding hydrogens is 238 g/mol. The highest BCUT2D eigenvalue weighted by Gasteiger charge is 2.31. The second-order valence-electron chi connectivity index (χ2n) is 4.42. The lowest BCUT2D eigenvalue weighted by Gasteiger charge is -2.22. The van der Waals surface area contributed by atoms with E-state index in [2.05, 4.69) is 4.98 Å². The van der Waals surface area contributed by atoms with Gasteiger partial charge in [0, 0.05) is 17.1 Å². The average molecular weight is 251 g/mol. The Morgan fingerprint density at radius 3 is 2.26 bits per heavy atom. The second-order valence-corrected chi connectivity index (χ2v) is 4.42. The highest BCUT2D eigenvalue weighted by molar-refractivity contribution is 5.85. The van der Waals surface area contributed by atoms with Crippen molar-refractivity contribution in [1.82, 2.24) is 4.98 Å². The van der Waals surface area contributed by atoms with Crippen molar-refractivity contribution in [3.8, 4) is 0 Å². The minimum Gasteiger partial charge on any atom is -0.357 e. The molecule has 1 aromatic heterocycles. The quantitative estimate of drug-likeness (QED) is 0.688. The maximum atomic E-state index is 10.4. The number of aliphatic hydroxyl groups is 2. The minimum atomic E-state index is -2.10. The molecule has 3 nitrogen and oxygen atoms in total. The Bertz CT molecular complexity index is 703. The van der Waals surface area contributed by atoms with Gasteiger partial charge in [0.2, 0.25) is 5.79 Å². The second kappa shape index (κ2) is 4.46. The van der Waals surface area contributed by atoms with Crippen LogP contribution in [-0.2, 0) is 5.79 Å². The van der Waals surface area contributed by atoms with E-state index in [4.69, 9.17) is 0 Å².